The Morgan fingerprint density at radius 1 is 1.30 bits per heavy atom. The highest BCUT2D eigenvalue weighted by Gasteiger charge is 2.12. The predicted octanol–water partition coefficient (Wildman–Crippen LogP) is 3.37. The second-order valence-electron chi connectivity index (χ2n) is 4.21. The van der Waals surface area contributed by atoms with Crippen LogP contribution in [-0.4, -0.2) is 8.42 Å². The Kier molecular flexibility index (Phi) is 4.58. The highest BCUT2D eigenvalue weighted by molar-refractivity contribution is 9.13. The SMILES string of the molecule is Cc1ccc(NCc2cc(Br)c(Br)o2)cc1S(N)(=O)=O. The van der Waals surface area contributed by atoms with Crippen LogP contribution in [0.2, 0.25) is 0 Å². The fourth-order valence-electron chi connectivity index (χ4n) is 1.68. The van der Waals surface area contributed by atoms with Gasteiger partial charge in [0.1, 0.15) is 5.76 Å². The van der Waals surface area contributed by atoms with Gasteiger partial charge >= 0.3 is 0 Å². The zero-order chi connectivity index (χ0) is 14.9. The molecule has 0 saturated heterocycles. The van der Waals surface area contributed by atoms with Crippen molar-refractivity contribution < 1.29 is 12.8 Å². The molecule has 0 radical (unpaired) electrons. The van der Waals surface area contributed by atoms with Crippen molar-refractivity contribution in [3.63, 3.8) is 0 Å². The van der Waals surface area contributed by atoms with Crippen LogP contribution in [0.1, 0.15) is 11.3 Å². The summed E-state index contributed by atoms with van der Waals surface area (Å²) in [6.07, 6.45) is 0. The normalized spacial score (nSPS) is 11.6. The third-order valence-electron chi connectivity index (χ3n) is 2.66. The van der Waals surface area contributed by atoms with Crippen molar-refractivity contribution in [1.82, 2.24) is 0 Å². The second kappa shape index (κ2) is 5.88. The van der Waals surface area contributed by atoms with Crippen LogP contribution < -0.4 is 10.5 Å². The molecule has 0 saturated carbocycles. The van der Waals surface area contributed by atoms with Crippen molar-refractivity contribution in [2.24, 2.45) is 5.14 Å². The molecule has 0 spiro atoms. The third kappa shape index (κ3) is 3.63. The van der Waals surface area contributed by atoms with Crippen molar-refractivity contribution in [1.29, 1.82) is 0 Å². The average molecular weight is 424 g/mol. The number of furan rings is 1. The number of anilines is 1. The van der Waals surface area contributed by atoms with Gasteiger partial charge in [-0.3, -0.25) is 0 Å². The van der Waals surface area contributed by atoms with E-state index in [0.29, 0.717) is 28.2 Å². The molecule has 0 bridgehead atoms. The topological polar surface area (TPSA) is 85.3 Å². The summed E-state index contributed by atoms with van der Waals surface area (Å²) in [5.41, 5.74) is 1.27. The summed E-state index contributed by atoms with van der Waals surface area (Å²) in [4.78, 5) is 0.115. The lowest BCUT2D eigenvalue weighted by Gasteiger charge is -2.08. The summed E-state index contributed by atoms with van der Waals surface area (Å²) in [7, 11) is -3.72. The zero-order valence-corrected chi connectivity index (χ0v) is 14.5. The van der Waals surface area contributed by atoms with Crippen molar-refractivity contribution in [2.75, 3.05) is 5.32 Å². The summed E-state index contributed by atoms with van der Waals surface area (Å²) in [6, 6.07) is 6.83. The van der Waals surface area contributed by atoms with Crippen molar-refractivity contribution in [2.45, 2.75) is 18.4 Å². The third-order valence-corrected chi connectivity index (χ3v) is 5.42. The van der Waals surface area contributed by atoms with Gasteiger partial charge < -0.3 is 9.73 Å². The molecule has 8 heteroatoms. The first-order valence-electron chi connectivity index (χ1n) is 5.58. The zero-order valence-electron chi connectivity index (χ0n) is 10.5. The Balaban J connectivity index is 2.18. The van der Waals surface area contributed by atoms with Crippen LogP contribution in [0.25, 0.3) is 0 Å². The van der Waals surface area contributed by atoms with E-state index in [1.165, 1.54) is 6.07 Å². The molecule has 3 N–H and O–H groups in total. The van der Waals surface area contributed by atoms with Crippen LogP contribution in [-0.2, 0) is 16.6 Å². The maximum Gasteiger partial charge on any atom is 0.238 e. The van der Waals surface area contributed by atoms with Crippen LogP contribution in [0, 0.1) is 6.92 Å². The minimum Gasteiger partial charge on any atom is -0.451 e. The smallest absolute Gasteiger partial charge is 0.238 e. The maximum atomic E-state index is 11.4. The van der Waals surface area contributed by atoms with Crippen molar-refractivity contribution in [3.8, 4) is 0 Å². The summed E-state index contributed by atoms with van der Waals surface area (Å²) in [5, 5.41) is 8.26. The number of rotatable bonds is 4. The molecule has 108 valence electrons. The molecule has 1 aromatic carbocycles. The number of nitrogens with one attached hydrogen (secondary N) is 1. The van der Waals surface area contributed by atoms with E-state index in [1.54, 1.807) is 19.1 Å². The van der Waals surface area contributed by atoms with E-state index in [4.69, 9.17) is 9.56 Å². The predicted molar refractivity (Wildman–Crippen MR) is 84.0 cm³/mol. The number of nitrogens with two attached hydrogens (primary N) is 1. The van der Waals surface area contributed by atoms with Gasteiger partial charge in [0.15, 0.2) is 4.67 Å². The second-order valence-corrected chi connectivity index (χ2v) is 7.32. The fourth-order valence-corrected chi connectivity index (χ4v) is 3.15. The first-order chi connectivity index (χ1) is 9.27. The van der Waals surface area contributed by atoms with E-state index in [1.807, 2.05) is 6.07 Å². The van der Waals surface area contributed by atoms with Gasteiger partial charge in [0.05, 0.1) is 15.9 Å². The quantitative estimate of drug-likeness (QED) is 0.789. The molecular formula is C12H12Br2N2O3S. The Hall–Kier alpha value is -0.830. The van der Waals surface area contributed by atoms with Gasteiger partial charge in [-0.2, -0.15) is 0 Å². The van der Waals surface area contributed by atoms with E-state index in [0.717, 1.165) is 4.47 Å². The number of aryl methyl sites for hydroxylation is 1. The van der Waals surface area contributed by atoms with E-state index in [9.17, 15) is 8.42 Å². The fraction of sp³-hybridized carbons (Fsp3) is 0.167. The van der Waals surface area contributed by atoms with Gasteiger partial charge in [0.2, 0.25) is 10.0 Å². The summed E-state index contributed by atoms with van der Waals surface area (Å²) < 4.78 is 29.8. The molecule has 0 atom stereocenters. The minimum atomic E-state index is -3.72. The Morgan fingerprint density at radius 3 is 2.55 bits per heavy atom. The molecule has 20 heavy (non-hydrogen) atoms. The number of primary sulfonamides is 1. The molecule has 0 fully saturated rings. The van der Waals surface area contributed by atoms with Crippen molar-refractivity contribution >= 4 is 47.6 Å². The first kappa shape index (κ1) is 15.6. The molecule has 0 unspecified atom stereocenters. The van der Waals surface area contributed by atoms with E-state index in [-0.39, 0.29) is 4.90 Å². The largest absolute Gasteiger partial charge is 0.451 e. The van der Waals surface area contributed by atoms with Gasteiger partial charge in [0, 0.05) is 5.69 Å². The van der Waals surface area contributed by atoms with Gasteiger partial charge in [-0.15, -0.1) is 0 Å². The van der Waals surface area contributed by atoms with Crippen LogP contribution >= 0.6 is 31.9 Å². The summed E-state index contributed by atoms with van der Waals surface area (Å²) >= 11 is 6.58. The monoisotopic (exact) mass is 422 g/mol. The number of sulfonamides is 1. The molecule has 1 aromatic heterocycles. The Labute approximate surface area is 133 Å². The molecule has 2 aromatic rings. The highest BCUT2D eigenvalue weighted by Crippen LogP contribution is 2.27. The van der Waals surface area contributed by atoms with Crippen molar-refractivity contribution in [3.05, 3.63) is 44.7 Å². The highest BCUT2D eigenvalue weighted by atomic mass is 79.9. The number of hydrogen-bond acceptors (Lipinski definition) is 4. The van der Waals surface area contributed by atoms with E-state index < -0.39 is 10.0 Å². The van der Waals surface area contributed by atoms with Gasteiger partial charge in [-0.05, 0) is 62.5 Å². The Morgan fingerprint density at radius 2 is 2.00 bits per heavy atom. The number of benzene rings is 1. The first-order valence-corrected chi connectivity index (χ1v) is 8.71. The molecule has 0 aliphatic rings. The van der Waals surface area contributed by atoms with E-state index in [2.05, 4.69) is 37.2 Å². The molecule has 0 aliphatic heterocycles. The molecule has 1 heterocycles. The van der Waals surface area contributed by atoms with E-state index >= 15 is 0 Å². The lowest BCUT2D eigenvalue weighted by Crippen LogP contribution is -2.14. The van der Waals surface area contributed by atoms with Gasteiger partial charge in [-0.1, -0.05) is 6.07 Å². The molecule has 2 rings (SSSR count). The summed E-state index contributed by atoms with van der Waals surface area (Å²) in [6.45, 7) is 2.13. The molecule has 0 aliphatic carbocycles. The van der Waals surface area contributed by atoms with Crippen LogP contribution in [0.15, 0.2) is 42.7 Å². The van der Waals surface area contributed by atoms with Gasteiger partial charge in [-0.25, -0.2) is 13.6 Å². The standard InChI is InChI=1S/C12H12Br2N2O3S/c1-7-2-3-8(4-11(7)20(15,17)18)16-6-9-5-10(13)12(14)19-9/h2-5,16H,6H2,1H3,(H2,15,17,18). The lowest BCUT2D eigenvalue weighted by molar-refractivity contribution is 0.494. The average Bonchev–Trinajstić information content (AvgIpc) is 2.66. The van der Waals surface area contributed by atoms with Crippen LogP contribution in [0.5, 0.6) is 0 Å². The minimum absolute atomic E-state index is 0.115. The molecular weight excluding hydrogens is 412 g/mol. The van der Waals surface area contributed by atoms with Gasteiger partial charge in [0.25, 0.3) is 0 Å². The molecule has 5 nitrogen and oxygen atoms in total. The lowest BCUT2D eigenvalue weighted by atomic mass is 10.2. The Bertz CT molecular complexity index is 722. The van der Waals surface area contributed by atoms with Crippen LogP contribution in [0.4, 0.5) is 5.69 Å². The number of hydrogen-bond donors (Lipinski definition) is 2. The summed E-state index contributed by atoms with van der Waals surface area (Å²) in [5.74, 6) is 0.710. The maximum absolute atomic E-state index is 11.4. The number of halogens is 2. The molecule has 0 amide bonds. The van der Waals surface area contributed by atoms with Crippen LogP contribution in [0.3, 0.4) is 0 Å².